The van der Waals surface area contributed by atoms with Gasteiger partial charge in [-0.3, -0.25) is 4.79 Å². The minimum atomic E-state index is -1.12. The molecule has 0 aromatic heterocycles. The Labute approximate surface area is 140 Å². The van der Waals surface area contributed by atoms with Crippen molar-refractivity contribution >= 4 is 50.9 Å². The number of alkyl halides is 1. The molecule has 1 N–H and O–H groups in total. The van der Waals surface area contributed by atoms with Crippen molar-refractivity contribution in [2.24, 2.45) is 5.92 Å². The van der Waals surface area contributed by atoms with Gasteiger partial charge in [-0.1, -0.05) is 53.0 Å². The zero-order chi connectivity index (χ0) is 15.9. The second-order valence-electron chi connectivity index (χ2n) is 5.24. The molecule has 1 aromatic rings. The van der Waals surface area contributed by atoms with Crippen LogP contribution in [0.4, 0.5) is 0 Å². The molecule has 0 bridgehead atoms. The Morgan fingerprint density at radius 3 is 2.62 bits per heavy atom. The number of ketones is 1. The lowest BCUT2D eigenvalue weighted by Crippen LogP contribution is -2.34. The van der Waals surface area contributed by atoms with E-state index in [1.165, 1.54) is 0 Å². The second-order valence-corrected chi connectivity index (χ2v) is 7.41. The number of carbonyl (C=O) groups is 2. The van der Waals surface area contributed by atoms with Gasteiger partial charge >= 0.3 is 5.97 Å². The number of Topliss-reactive ketones (excluding diaryl/α,β-unsaturated/α-hetero) is 1. The summed E-state index contributed by atoms with van der Waals surface area (Å²) in [5, 5.41) is 8.84. The SMILES string of the molecule is CC(C)C1(Br)Cc2cc(OCC(=O)O)c(Cl)c(Cl)c2C1=O. The molecule has 1 atom stereocenters. The molecule has 1 aliphatic carbocycles. The van der Waals surface area contributed by atoms with Gasteiger partial charge in [0.25, 0.3) is 0 Å². The Bertz CT molecular complexity index is 630. The van der Waals surface area contributed by atoms with Crippen LogP contribution in [0.2, 0.25) is 10.0 Å². The number of hydrogen-bond acceptors (Lipinski definition) is 3. The molecule has 114 valence electrons. The number of carboxylic acids is 1. The highest BCUT2D eigenvalue weighted by atomic mass is 79.9. The van der Waals surface area contributed by atoms with Crippen LogP contribution < -0.4 is 4.74 Å². The fourth-order valence-corrected chi connectivity index (χ4v) is 3.32. The maximum Gasteiger partial charge on any atom is 0.341 e. The summed E-state index contributed by atoms with van der Waals surface area (Å²) < 4.78 is 4.41. The first-order valence-corrected chi connectivity index (χ1v) is 7.82. The van der Waals surface area contributed by atoms with Crippen LogP contribution in [0.25, 0.3) is 0 Å². The van der Waals surface area contributed by atoms with Crippen molar-refractivity contribution < 1.29 is 19.4 Å². The molecule has 1 aliphatic rings. The maximum absolute atomic E-state index is 12.6. The average Bonchev–Trinajstić information content (AvgIpc) is 2.65. The van der Waals surface area contributed by atoms with Crippen molar-refractivity contribution in [2.45, 2.75) is 24.6 Å². The molecule has 0 heterocycles. The van der Waals surface area contributed by atoms with E-state index in [9.17, 15) is 9.59 Å². The number of rotatable bonds is 4. The summed E-state index contributed by atoms with van der Waals surface area (Å²) in [5.41, 5.74) is 1.09. The van der Waals surface area contributed by atoms with E-state index in [0.717, 1.165) is 0 Å². The van der Waals surface area contributed by atoms with Crippen molar-refractivity contribution in [2.75, 3.05) is 6.61 Å². The summed E-state index contributed by atoms with van der Waals surface area (Å²) in [7, 11) is 0. The van der Waals surface area contributed by atoms with Gasteiger partial charge in [-0.25, -0.2) is 4.79 Å². The number of ether oxygens (including phenoxy) is 1. The number of carbonyl (C=O) groups excluding carboxylic acids is 1. The number of aliphatic carboxylic acids is 1. The predicted octanol–water partition coefficient (Wildman–Crippen LogP) is 3.99. The van der Waals surface area contributed by atoms with E-state index < -0.39 is 16.9 Å². The van der Waals surface area contributed by atoms with Gasteiger partial charge < -0.3 is 9.84 Å². The van der Waals surface area contributed by atoms with Crippen molar-refractivity contribution in [3.8, 4) is 5.75 Å². The third kappa shape index (κ3) is 2.79. The minimum Gasteiger partial charge on any atom is -0.480 e. The molecule has 21 heavy (non-hydrogen) atoms. The summed E-state index contributed by atoms with van der Waals surface area (Å²) in [6.45, 7) is 3.36. The molecule has 2 rings (SSSR count). The van der Waals surface area contributed by atoms with Gasteiger partial charge in [-0.05, 0) is 24.0 Å². The number of fused-ring (bicyclic) bond motifs is 1. The van der Waals surface area contributed by atoms with E-state index >= 15 is 0 Å². The number of carboxylic acid groups (broad SMARTS) is 1. The fourth-order valence-electron chi connectivity index (χ4n) is 2.31. The number of halogens is 3. The Balaban J connectivity index is 2.48. The highest BCUT2D eigenvalue weighted by molar-refractivity contribution is 9.10. The lowest BCUT2D eigenvalue weighted by Gasteiger charge is -2.24. The van der Waals surface area contributed by atoms with E-state index in [2.05, 4.69) is 15.9 Å². The molecule has 7 heteroatoms. The third-order valence-electron chi connectivity index (χ3n) is 3.57. The van der Waals surface area contributed by atoms with E-state index in [0.29, 0.717) is 17.5 Å². The minimum absolute atomic E-state index is 0.0607. The Kier molecular flexibility index (Phi) is 4.57. The lowest BCUT2D eigenvalue weighted by atomic mass is 9.92. The van der Waals surface area contributed by atoms with Gasteiger partial charge in [0.15, 0.2) is 12.4 Å². The van der Waals surface area contributed by atoms with Crippen LogP contribution >= 0.6 is 39.1 Å². The van der Waals surface area contributed by atoms with E-state index in [-0.39, 0.29) is 27.5 Å². The first-order valence-electron chi connectivity index (χ1n) is 6.27. The van der Waals surface area contributed by atoms with Crippen LogP contribution in [0.15, 0.2) is 6.07 Å². The quantitative estimate of drug-likeness (QED) is 0.783. The molecule has 0 spiro atoms. The smallest absolute Gasteiger partial charge is 0.341 e. The third-order valence-corrected chi connectivity index (χ3v) is 5.98. The summed E-state index contributed by atoms with van der Waals surface area (Å²) in [6.07, 6.45) is 0.457. The normalized spacial score (nSPS) is 20.8. The van der Waals surface area contributed by atoms with Gasteiger partial charge in [0.1, 0.15) is 10.8 Å². The van der Waals surface area contributed by atoms with E-state index in [1.54, 1.807) is 6.07 Å². The van der Waals surface area contributed by atoms with Crippen LogP contribution in [0.1, 0.15) is 29.8 Å². The van der Waals surface area contributed by atoms with E-state index in [1.807, 2.05) is 13.8 Å². The Hall–Kier alpha value is -0.780. The second kappa shape index (κ2) is 5.78. The molecule has 0 saturated heterocycles. The maximum atomic E-state index is 12.6. The van der Waals surface area contributed by atoms with Gasteiger partial charge in [-0.15, -0.1) is 0 Å². The largest absolute Gasteiger partial charge is 0.480 e. The van der Waals surface area contributed by atoms with Crippen LogP contribution in [0, 0.1) is 5.92 Å². The molecule has 1 aromatic carbocycles. The molecule has 0 aliphatic heterocycles. The molecule has 1 unspecified atom stereocenters. The molecule has 0 saturated carbocycles. The Morgan fingerprint density at radius 2 is 2.10 bits per heavy atom. The highest BCUT2D eigenvalue weighted by Gasteiger charge is 2.47. The standard InChI is InChI=1S/C14H13BrCl2O4/c1-6(2)14(15)4-7-3-8(21-5-9(18)19)11(16)12(17)10(7)13(14)20/h3,6H,4-5H2,1-2H3,(H,18,19). The highest BCUT2D eigenvalue weighted by Crippen LogP contribution is 2.48. The van der Waals surface area contributed by atoms with Crippen LogP contribution in [0.5, 0.6) is 5.75 Å². The monoisotopic (exact) mass is 394 g/mol. The first kappa shape index (κ1) is 16.6. The van der Waals surface area contributed by atoms with Gasteiger partial charge in [0, 0.05) is 5.56 Å². The van der Waals surface area contributed by atoms with Gasteiger partial charge in [0.05, 0.1) is 9.35 Å². The van der Waals surface area contributed by atoms with Crippen molar-refractivity contribution in [1.29, 1.82) is 0 Å². The fraction of sp³-hybridized carbons (Fsp3) is 0.429. The molecular weight excluding hydrogens is 383 g/mol. The first-order chi connectivity index (χ1) is 9.68. The van der Waals surface area contributed by atoms with Gasteiger partial charge in [-0.2, -0.15) is 0 Å². The predicted molar refractivity (Wildman–Crippen MR) is 84.1 cm³/mol. The summed E-state index contributed by atoms with van der Waals surface area (Å²) >= 11 is 15.8. The molecule has 0 amide bonds. The lowest BCUT2D eigenvalue weighted by molar-refractivity contribution is -0.139. The summed E-state index contributed by atoms with van der Waals surface area (Å²) in [4.78, 5) is 23.2. The Morgan fingerprint density at radius 1 is 1.48 bits per heavy atom. The van der Waals surface area contributed by atoms with Crippen LogP contribution in [-0.4, -0.2) is 27.8 Å². The van der Waals surface area contributed by atoms with E-state index in [4.69, 9.17) is 33.0 Å². The van der Waals surface area contributed by atoms with Crippen molar-refractivity contribution in [1.82, 2.24) is 0 Å². The zero-order valence-electron chi connectivity index (χ0n) is 11.4. The van der Waals surface area contributed by atoms with Crippen molar-refractivity contribution in [3.05, 3.63) is 27.2 Å². The van der Waals surface area contributed by atoms with Crippen LogP contribution in [-0.2, 0) is 11.2 Å². The van der Waals surface area contributed by atoms with Crippen molar-refractivity contribution in [3.63, 3.8) is 0 Å². The topological polar surface area (TPSA) is 63.6 Å². The summed E-state index contributed by atoms with van der Waals surface area (Å²) in [6, 6.07) is 1.59. The number of benzene rings is 1. The molecule has 0 fully saturated rings. The van der Waals surface area contributed by atoms with Crippen LogP contribution in [0.3, 0.4) is 0 Å². The average molecular weight is 396 g/mol. The molecular formula is C14H13BrCl2O4. The molecule has 0 radical (unpaired) electrons. The van der Waals surface area contributed by atoms with Gasteiger partial charge in [0.2, 0.25) is 0 Å². The number of hydrogen-bond donors (Lipinski definition) is 1. The molecule has 4 nitrogen and oxygen atoms in total. The zero-order valence-corrected chi connectivity index (χ0v) is 14.5. The summed E-state index contributed by atoms with van der Waals surface area (Å²) in [5.74, 6) is -0.980.